The zero-order valence-electron chi connectivity index (χ0n) is 7.16. The average molecular weight is 241 g/mol. The summed E-state index contributed by atoms with van der Waals surface area (Å²) in [5.41, 5.74) is 1.86. The minimum Gasteiger partial charge on any atom is -0.314 e. The largest absolute Gasteiger partial charge is 0.314 e. The summed E-state index contributed by atoms with van der Waals surface area (Å²) in [6, 6.07) is 0. The van der Waals surface area contributed by atoms with Crippen molar-refractivity contribution in [2.75, 3.05) is 7.05 Å². The van der Waals surface area contributed by atoms with Crippen LogP contribution in [0.15, 0.2) is 23.2 Å². The molecule has 0 aromatic carbocycles. The molecule has 68 valence electrons. The maximum absolute atomic E-state index is 4.39. The van der Waals surface area contributed by atoms with E-state index in [0.29, 0.717) is 0 Å². The highest BCUT2D eigenvalue weighted by Crippen LogP contribution is 2.13. The quantitative estimate of drug-likeness (QED) is 0.859. The van der Waals surface area contributed by atoms with Crippen LogP contribution in [0.5, 0.6) is 0 Å². The normalized spacial score (nSPS) is 10.9. The molecule has 13 heavy (non-hydrogen) atoms. The lowest BCUT2D eigenvalue weighted by molar-refractivity contribution is 0.798. The number of hydrogen-bond acceptors (Lipinski definition) is 3. The summed E-state index contributed by atoms with van der Waals surface area (Å²) >= 11 is 3.35. The van der Waals surface area contributed by atoms with Crippen LogP contribution >= 0.6 is 15.9 Å². The van der Waals surface area contributed by atoms with Crippen LogP contribution in [0, 0.1) is 0 Å². The number of hydrogen-bond donors (Lipinski definition) is 1. The van der Waals surface area contributed by atoms with Gasteiger partial charge in [0, 0.05) is 25.1 Å². The van der Waals surface area contributed by atoms with Crippen LogP contribution in [0.2, 0.25) is 0 Å². The van der Waals surface area contributed by atoms with Crippen LogP contribution in [0.3, 0.4) is 0 Å². The monoisotopic (exact) mass is 240 g/mol. The molecule has 2 heterocycles. The summed E-state index contributed by atoms with van der Waals surface area (Å²) in [7, 11) is 1.90. The number of halogens is 1. The molecule has 0 unspecified atom stereocenters. The summed E-state index contributed by atoms with van der Waals surface area (Å²) in [5.74, 6) is 0. The number of rotatable bonds is 2. The standard InChI is InChI=1S/C8H9BrN4/c1-10-4-6-5-13-3-2-11-7(9)8(13)12-6/h2-3,5,10H,4H2,1H3. The molecule has 5 heteroatoms. The van der Waals surface area contributed by atoms with Crippen LogP contribution in [-0.2, 0) is 6.54 Å². The van der Waals surface area contributed by atoms with Crippen molar-refractivity contribution in [3.05, 3.63) is 28.9 Å². The van der Waals surface area contributed by atoms with Gasteiger partial charge in [0.05, 0.1) is 5.69 Å². The van der Waals surface area contributed by atoms with Gasteiger partial charge in [-0.15, -0.1) is 0 Å². The molecular formula is C8H9BrN4. The molecule has 0 amide bonds. The summed E-state index contributed by atoms with van der Waals surface area (Å²) in [6.07, 6.45) is 5.60. The molecule has 2 aromatic heterocycles. The average Bonchev–Trinajstić information content (AvgIpc) is 2.49. The van der Waals surface area contributed by atoms with Crippen molar-refractivity contribution in [3.8, 4) is 0 Å². The van der Waals surface area contributed by atoms with E-state index in [1.807, 2.05) is 23.8 Å². The third-order valence-corrected chi connectivity index (χ3v) is 2.30. The third kappa shape index (κ3) is 1.57. The van der Waals surface area contributed by atoms with Gasteiger partial charge in [-0.1, -0.05) is 0 Å². The first-order valence-corrected chi connectivity index (χ1v) is 4.73. The molecule has 0 radical (unpaired) electrons. The molecule has 0 spiro atoms. The van der Waals surface area contributed by atoms with E-state index in [2.05, 4.69) is 31.2 Å². The van der Waals surface area contributed by atoms with Gasteiger partial charge >= 0.3 is 0 Å². The van der Waals surface area contributed by atoms with Crippen LogP contribution in [0.4, 0.5) is 0 Å². The molecule has 2 rings (SSSR count). The molecule has 2 aromatic rings. The van der Waals surface area contributed by atoms with Gasteiger partial charge in [-0.2, -0.15) is 0 Å². The number of nitrogens with one attached hydrogen (secondary N) is 1. The van der Waals surface area contributed by atoms with Gasteiger partial charge in [0.25, 0.3) is 0 Å². The van der Waals surface area contributed by atoms with Gasteiger partial charge in [-0.25, -0.2) is 9.97 Å². The fraction of sp³-hybridized carbons (Fsp3) is 0.250. The zero-order valence-corrected chi connectivity index (χ0v) is 8.74. The summed E-state index contributed by atoms with van der Waals surface area (Å²) in [4.78, 5) is 8.49. The SMILES string of the molecule is CNCc1cn2ccnc(Br)c2n1. The Labute approximate surface area is 84.1 Å². The number of aromatic nitrogens is 3. The summed E-state index contributed by atoms with van der Waals surface area (Å²) < 4.78 is 2.72. The van der Waals surface area contributed by atoms with Gasteiger partial charge in [-0.05, 0) is 23.0 Å². The smallest absolute Gasteiger partial charge is 0.170 e. The van der Waals surface area contributed by atoms with Crippen LogP contribution < -0.4 is 5.32 Å². The molecule has 0 atom stereocenters. The molecular weight excluding hydrogens is 232 g/mol. The maximum atomic E-state index is 4.39. The lowest BCUT2D eigenvalue weighted by Crippen LogP contribution is -2.04. The summed E-state index contributed by atoms with van der Waals surface area (Å²) in [5, 5.41) is 3.05. The Balaban J connectivity index is 2.55. The molecule has 0 aliphatic heterocycles. The highest BCUT2D eigenvalue weighted by Gasteiger charge is 2.03. The molecule has 0 aliphatic carbocycles. The van der Waals surface area contributed by atoms with E-state index in [9.17, 15) is 0 Å². The lowest BCUT2D eigenvalue weighted by Gasteiger charge is -1.91. The third-order valence-electron chi connectivity index (χ3n) is 1.74. The Kier molecular flexibility index (Phi) is 2.28. The van der Waals surface area contributed by atoms with E-state index in [0.717, 1.165) is 22.5 Å². The molecule has 0 bridgehead atoms. The molecule has 0 saturated heterocycles. The van der Waals surface area contributed by atoms with E-state index in [-0.39, 0.29) is 0 Å². The second-order valence-corrected chi connectivity index (χ2v) is 3.46. The fourth-order valence-corrected chi connectivity index (χ4v) is 1.62. The van der Waals surface area contributed by atoms with Crippen molar-refractivity contribution in [2.24, 2.45) is 0 Å². The van der Waals surface area contributed by atoms with Gasteiger partial charge in [-0.3, -0.25) is 0 Å². The first-order valence-electron chi connectivity index (χ1n) is 3.94. The van der Waals surface area contributed by atoms with Crippen LogP contribution in [0.1, 0.15) is 5.69 Å². The molecule has 0 saturated carbocycles. The van der Waals surface area contributed by atoms with Gasteiger partial charge in [0.15, 0.2) is 5.65 Å². The van der Waals surface area contributed by atoms with Crippen molar-refractivity contribution in [1.82, 2.24) is 19.7 Å². The highest BCUT2D eigenvalue weighted by atomic mass is 79.9. The summed E-state index contributed by atoms with van der Waals surface area (Å²) in [6.45, 7) is 0.772. The Bertz CT molecular complexity index is 423. The minimum atomic E-state index is 0.772. The predicted molar refractivity (Wildman–Crippen MR) is 53.5 cm³/mol. The predicted octanol–water partition coefficient (Wildman–Crippen LogP) is 1.21. The van der Waals surface area contributed by atoms with E-state index < -0.39 is 0 Å². The minimum absolute atomic E-state index is 0.772. The van der Waals surface area contributed by atoms with E-state index >= 15 is 0 Å². The van der Waals surface area contributed by atoms with Crippen molar-refractivity contribution in [2.45, 2.75) is 6.54 Å². The van der Waals surface area contributed by atoms with E-state index in [4.69, 9.17) is 0 Å². The Hall–Kier alpha value is -0.940. The fourth-order valence-electron chi connectivity index (χ4n) is 1.21. The Morgan fingerprint density at radius 2 is 2.46 bits per heavy atom. The first kappa shape index (κ1) is 8.65. The molecule has 4 nitrogen and oxygen atoms in total. The van der Waals surface area contributed by atoms with Crippen molar-refractivity contribution < 1.29 is 0 Å². The van der Waals surface area contributed by atoms with Gasteiger partial charge < -0.3 is 9.72 Å². The number of fused-ring (bicyclic) bond motifs is 1. The van der Waals surface area contributed by atoms with Crippen molar-refractivity contribution in [3.63, 3.8) is 0 Å². The maximum Gasteiger partial charge on any atom is 0.170 e. The van der Waals surface area contributed by atoms with Gasteiger partial charge in [0.2, 0.25) is 0 Å². The van der Waals surface area contributed by atoms with Crippen molar-refractivity contribution >= 4 is 21.6 Å². The zero-order chi connectivity index (χ0) is 9.26. The second-order valence-electron chi connectivity index (χ2n) is 2.71. The topological polar surface area (TPSA) is 42.2 Å². The number of nitrogens with zero attached hydrogens (tertiary/aromatic N) is 3. The highest BCUT2D eigenvalue weighted by molar-refractivity contribution is 9.10. The van der Waals surface area contributed by atoms with Gasteiger partial charge in [0.1, 0.15) is 4.60 Å². The molecule has 0 aliphatic rings. The van der Waals surface area contributed by atoms with E-state index in [1.54, 1.807) is 6.20 Å². The first-order chi connectivity index (χ1) is 6.31. The number of imidazole rings is 1. The van der Waals surface area contributed by atoms with E-state index in [1.165, 1.54) is 0 Å². The van der Waals surface area contributed by atoms with Crippen molar-refractivity contribution in [1.29, 1.82) is 0 Å². The van der Waals surface area contributed by atoms with Crippen LogP contribution in [0.25, 0.3) is 5.65 Å². The van der Waals surface area contributed by atoms with Crippen LogP contribution in [-0.4, -0.2) is 21.4 Å². The molecule has 1 N–H and O–H groups in total. The lowest BCUT2D eigenvalue weighted by atomic mass is 10.5. The Morgan fingerprint density at radius 1 is 1.62 bits per heavy atom. The Morgan fingerprint density at radius 3 is 3.15 bits per heavy atom. The molecule has 0 fully saturated rings. The second kappa shape index (κ2) is 3.43.